The van der Waals surface area contributed by atoms with Crippen molar-refractivity contribution in [3.05, 3.63) is 58.6 Å². The van der Waals surface area contributed by atoms with Crippen LogP contribution in [0.2, 0.25) is 5.02 Å². The maximum atomic E-state index is 12.2. The van der Waals surface area contributed by atoms with E-state index >= 15 is 0 Å². The number of benzene rings is 2. The summed E-state index contributed by atoms with van der Waals surface area (Å²) in [5, 5.41) is 0.695. The number of ether oxygens (including phenoxy) is 2. The van der Waals surface area contributed by atoms with E-state index < -0.39 is 0 Å². The van der Waals surface area contributed by atoms with Gasteiger partial charge in [-0.1, -0.05) is 23.7 Å². The summed E-state index contributed by atoms with van der Waals surface area (Å²) in [6.45, 7) is 5.33. The van der Waals surface area contributed by atoms with Crippen LogP contribution in [0.25, 0.3) is 0 Å². The van der Waals surface area contributed by atoms with Crippen LogP contribution in [0, 0.1) is 13.8 Å². The van der Waals surface area contributed by atoms with Crippen LogP contribution in [-0.2, 0) is 4.79 Å². The van der Waals surface area contributed by atoms with E-state index in [1.54, 1.807) is 24.1 Å². The molecule has 0 N–H and O–H groups in total. The molecule has 5 heteroatoms. The molecule has 0 spiro atoms. The van der Waals surface area contributed by atoms with Gasteiger partial charge in [0, 0.05) is 18.6 Å². The summed E-state index contributed by atoms with van der Waals surface area (Å²) >= 11 is 5.84. The minimum absolute atomic E-state index is 0.0236. The number of amides is 1. The molecule has 2 aromatic carbocycles. The zero-order valence-corrected chi connectivity index (χ0v) is 16.4. The fourth-order valence-corrected chi connectivity index (χ4v) is 2.54. The molecule has 0 radical (unpaired) electrons. The van der Waals surface area contributed by atoms with Gasteiger partial charge in [-0.15, -0.1) is 0 Å². The molecule has 0 saturated heterocycles. The summed E-state index contributed by atoms with van der Waals surface area (Å²) in [4.78, 5) is 13.9. The molecular weight excluding hydrogens is 350 g/mol. The molecule has 0 unspecified atom stereocenters. The van der Waals surface area contributed by atoms with E-state index in [-0.39, 0.29) is 12.5 Å². The van der Waals surface area contributed by atoms with Crippen LogP contribution in [0.15, 0.2) is 42.5 Å². The third-order valence-corrected chi connectivity index (χ3v) is 4.34. The van der Waals surface area contributed by atoms with Crippen molar-refractivity contribution < 1.29 is 14.3 Å². The molecule has 0 fully saturated rings. The van der Waals surface area contributed by atoms with E-state index in [9.17, 15) is 4.79 Å². The third-order valence-electron chi connectivity index (χ3n) is 4.09. The Hall–Kier alpha value is -2.20. The van der Waals surface area contributed by atoms with Crippen LogP contribution in [0.4, 0.5) is 0 Å². The molecule has 0 aliphatic carbocycles. The normalized spacial score (nSPS) is 10.5. The zero-order valence-electron chi connectivity index (χ0n) is 15.6. The number of rotatable bonds is 9. The number of likely N-dealkylation sites (N-methyl/N-ethyl adjacent to an activating group) is 1. The first-order valence-corrected chi connectivity index (χ1v) is 9.16. The van der Waals surface area contributed by atoms with Crippen LogP contribution in [0.5, 0.6) is 11.5 Å². The van der Waals surface area contributed by atoms with Crippen LogP contribution in [0.3, 0.4) is 0 Å². The fraction of sp³-hybridized carbons (Fsp3) is 0.381. The van der Waals surface area contributed by atoms with Crippen molar-refractivity contribution in [1.29, 1.82) is 0 Å². The van der Waals surface area contributed by atoms with E-state index in [4.69, 9.17) is 21.1 Å². The topological polar surface area (TPSA) is 38.8 Å². The average Bonchev–Trinajstić information content (AvgIpc) is 2.63. The second kappa shape index (κ2) is 10.1. The number of carbonyl (C=O) groups excluding carboxylic acids is 1. The van der Waals surface area contributed by atoms with Crippen molar-refractivity contribution in [2.24, 2.45) is 0 Å². The van der Waals surface area contributed by atoms with Gasteiger partial charge >= 0.3 is 0 Å². The molecule has 0 atom stereocenters. The quantitative estimate of drug-likeness (QED) is 0.598. The van der Waals surface area contributed by atoms with Gasteiger partial charge < -0.3 is 14.4 Å². The summed E-state index contributed by atoms with van der Waals surface area (Å²) in [5.74, 6) is 1.55. The molecule has 2 rings (SSSR count). The lowest BCUT2D eigenvalue weighted by atomic mass is 10.1. The third kappa shape index (κ3) is 6.60. The Morgan fingerprint density at radius 2 is 1.77 bits per heavy atom. The smallest absolute Gasteiger partial charge is 0.260 e. The lowest BCUT2D eigenvalue weighted by Crippen LogP contribution is -2.32. The lowest BCUT2D eigenvalue weighted by molar-refractivity contribution is -0.132. The number of hydrogen-bond acceptors (Lipinski definition) is 3. The Bertz CT molecular complexity index is 716. The van der Waals surface area contributed by atoms with E-state index in [0.717, 1.165) is 35.5 Å². The van der Waals surface area contributed by atoms with Gasteiger partial charge in [-0.3, -0.25) is 4.79 Å². The van der Waals surface area contributed by atoms with Crippen LogP contribution in [0.1, 0.15) is 24.0 Å². The van der Waals surface area contributed by atoms with Crippen molar-refractivity contribution in [1.82, 2.24) is 4.90 Å². The molecule has 26 heavy (non-hydrogen) atoms. The van der Waals surface area contributed by atoms with Gasteiger partial charge in [-0.05, 0) is 68.1 Å². The van der Waals surface area contributed by atoms with Crippen LogP contribution < -0.4 is 9.47 Å². The Balaban J connectivity index is 1.64. The molecule has 0 aliphatic heterocycles. The maximum Gasteiger partial charge on any atom is 0.260 e. The van der Waals surface area contributed by atoms with Crippen molar-refractivity contribution >= 4 is 17.5 Å². The molecule has 0 saturated carbocycles. The standard InChI is InChI=1S/C21H26ClNO3/c1-16-6-7-17(2)20(14-16)26-15-21(24)23(3)12-4-5-13-25-19-10-8-18(22)9-11-19/h6-11,14H,4-5,12-13,15H2,1-3H3. The molecule has 0 aliphatic rings. The first kappa shape index (κ1) is 20.1. The minimum Gasteiger partial charge on any atom is -0.494 e. The van der Waals surface area contributed by atoms with Crippen molar-refractivity contribution in [3.8, 4) is 11.5 Å². The molecule has 0 bridgehead atoms. The highest BCUT2D eigenvalue weighted by molar-refractivity contribution is 6.30. The van der Waals surface area contributed by atoms with E-state index in [1.165, 1.54) is 0 Å². The summed E-state index contributed by atoms with van der Waals surface area (Å²) in [6.07, 6.45) is 1.75. The van der Waals surface area contributed by atoms with Crippen LogP contribution >= 0.6 is 11.6 Å². The highest BCUT2D eigenvalue weighted by atomic mass is 35.5. The van der Waals surface area contributed by atoms with Gasteiger partial charge in [-0.2, -0.15) is 0 Å². The Kier molecular flexibility index (Phi) is 7.79. The molecule has 1 amide bonds. The second-order valence-corrected chi connectivity index (χ2v) is 6.82. The van der Waals surface area contributed by atoms with Gasteiger partial charge in [0.2, 0.25) is 0 Å². The summed E-state index contributed by atoms with van der Waals surface area (Å²) in [7, 11) is 1.80. The van der Waals surface area contributed by atoms with Crippen molar-refractivity contribution in [2.45, 2.75) is 26.7 Å². The number of halogens is 1. The highest BCUT2D eigenvalue weighted by Gasteiger charge is 2.10. The lowest BCUT2D eigenvalue weighted by Gasteiger charge is -2.18. The maximum absolute atomic E-state index is 12.2. The molecule has 0 heterocycles. The largest absolute Gasteiger partial charge is 0.494 e. The Labute approximate surface area is 160 Å². The number of aryl methyl sites for hydroxylation is 2. The molecule has 2 aromatic rings. The van der Waals surface area contributed by atoms with E-state index in [2.05, 4.69) is 0 Å². The Morgan fingerprint density at radius 3 is 2.50 bits per heavy atom. The first-order chi connectivity index (χ1) is 12.5. The number of unbranched alkanes of at least 4 members (excludes halogenated alkanes) is 1. The van der Waals surface area contributed by atoms with Crippen molar-refractivity contribution in [3.63, 3.8) is 0 Å². The monoisotopic (exact) mass is 375 g/mol. The average molecular weight is 376 g/mol. The van der Waals surface area contributed by atoms with Gasteiger partial charge in [0.25, 0.3) is 5.91 Å². The predicted octanol–water partition coefficient (Wildman–Crippen LogP) is 4.65. The number of carbonyl (C=O) groups is 1. The zero-order chi connectivity index (χ0) is 18.9. The summed E-state index contributed by atoms with van der Waals surface area (Å²) in [5.41, 5.74) is 2.15. The number of hydrogen-bond donors (Lipinski definition) is 0. The first-order valence-electron chi connectivity index (χ1n) is 8.78. The molecule has 0 aromatic heterocycles. The van der Waals surface area contributed by atoms with Gasteiger partial charge in [0.15, 0.2) is 6.61 Å². The molecular formula is C21H26ClNO3. The van der Waals surface area contributed by atoms with E-state index in [0.29, 0.717) is 18.2 Å². The molecule has 4 nitrogen and oxygen atoms in total. The Morgan fingerprint density at radius 1 is 1.04 bits per heavy atom. The summed E-state index contributed by atoms with van der Waals surface area (Å²) < 4.78 is 11.3. The van der Waals surface area contributed by atoms with E-state index in [1.807, 2.05) is 44.2 Å². The van der Waals surface area contributed by atoms with Crippen molar-refractivity contribution in [2.75, 3.05) is 26.8 Å². The SMILES string of the molecule is Cc1ccc(C)c(OCC(=O)N(C)CCCCOc2ccc(Cl)cc2)c1. The predicted molar refractivity (Wildman–Crippen MR) is 105 cm³/mol. The van der Waals surface area contributed by atoms with Gasteiger partial charge in [0.05, 0.1) is 6.61 Å². The van der Waals surface area contributed by atoms with Gasteiger partial charge in [-0.25, -0.2) is 0 Å². The minimum atomic E-state index is -0.0236. The second-order valence-electron chi connectivity index (χ2n) is 6.38. The number of nitrogens with zero attached hydrogens (tertiary/aromatic N) is 1. The highest BCUT2D eigenvalue weighted by Crippen LogP contribution is 2.19. The van der Waals surface area contributed by atoms with Crippen LogP contribution in [-0.4, -0.2) is 37.6 Å². The molecule has 140 valence electrons. The fourth-order valence-electron chi connectivity index (χ4n) is 2.41. The summed E-state index contributed by atoms with van der Waals surface area (Å²) in [6, 6.07) is 13.3. The van der Waals surface area contributed by atoms with Gasteiger partial charge in [0.1, 0.15) is 11.5 Å².